The molecule has 1 rings (SSSR count). The van der Waals surface area contributed by atoms with Gasteiger partial charge in [-0.05, 0) is 32.4 Å². The van der Waals surface area contributed by atoms with Gasteiger partial charge in [0.2, 0.25) is 5.91 Å². The Morgan fingerprint density at radius 3 is 2.59 bits per heavy atom. The summed E-state index contributed by atoms with van der Waals surface area (Å²) in [6.07, 6.45) is 9.09. The van der Waals surface area contributed by atoms with Gasteiger partial charge in [0.1, 0.15) is 6.10 Å². The van der Waals surface area contributed by atoms with E-state index in [0.29, 0.717) is 11.3 Å². The highest BCUT2D eigenvalue weighted by molar-refractivity contribution is 5.81. The van der Waals surface area contributed by atoms with E-state index in [1.54, 1.807) is 45.1 Å². The lowest BCUT2D eigenvalue weighted by molar-refractivity contribution is -0.130. The van der Waals surface area contributed by atoms with E-state index < -0.39 is 23.5 Å². The molecule has 2 unspecified atom stereocenters. The van der Waals surface area contributed by atoms with Gasteiger partial charge in [-0.25, -0.2) is 4.98 Å². The first-order chi connectivity index (χ1) is 10.3. The van der Waals surface area contributed by atoms with E-state index >= 15 is 0 Å². The van der Waals surface area contributed by atoms with Gasteiger partial charge in [0, 0.05) is 0 Å². The molecule has 0 saturated carbocycles. The lowest BCUT2D eigenvalue weighted by Crippen LogP contribution is -2.42. The van der Waals surface area contributed by atoms with Crippen LogP contribution in [-0.2, 0) is 4.79 Å². The second-order valence-electron chi connectivity index (χ2n) is 5.52. The summed E-state index contributed by atoms with van der Waals surface area (Å²) in [5.74, 6) is -0.207. The average Bonchev–Trinajstić information content (AvgIpc) is 2.99. The van der Waals surface area contributed by atoms with Gasteiger partial charge in [0.15, 0.2) is 12.2 Å². The Bertz CT molecular complexity index is 571. The molecular formula is C16H22N2O4. The molecule has 0 fully saturated rings. The van der Waals surface area contributed by atoms with Gasteiger partial charge in [0.25, 0.3) is 0 Å². The highest BCUT2D eigenvalue weighted by Gasteiger charge is 2.34. The Morgan fingerprint density at radius 2 is 2.05 bits per heavy atom. The van der Waals surface area contributed by atoms with Crippen molar-refractivity contribution in [3.8, 4) is 0 Å². The van der Waals surface area contributed by atoms with Crippen molar-refractivity contribution in [2.24, 2.45) is 11.1 Å². The number of rotatable bonds is 7. The molecule has 6 nitrogen and oxygen atoms in total. The lowest BCUT2D eigenvalue weighted by Gasteiger charge is -2.27. The van der Waals surface area contributed by atoms with Gasteiger partial charge in [-0.3, -0.25) is 4.79 Å². The van der Waals surface area contributed by atoms with Gasteiger partial charge in [-0.1, -0.05) is 24.3 Å². The van der Waals surface area contributed by atoms with Crippen LogP contribution >= 0.6 is 0 Å². The van der Waals surface area contributed by atoms with Crippen molar-refractivity contribution in [3.05, 3.63) is 54.3 Å². The largest absolute Gasteiger partial charge is 0.445 e. The van der Waals surface area contributed by atoms with E-state index in [0.717, 1.165) is 0 Å². The third kappa shape index (κ3) is 4.68. The van der Waals surface area contributed by atoms with Crippen LogP contribution in [0, 0.1) is 5.41 Å². The highest BCUT2D eigenvalue weighted by atomic mass is 16.4. The molecule has 2 atom stereocenters. The Hall–Kier alpha value is -2.18. The second kappa shape index (κ2) is 7.72. The maximum atomic E-state index is 11.3. The predicted octanol–water partition coefficient (Wildman–Crippen LogP) is 1.64. The van der Waals surface area contributed by atoms with E-state index in [4.69, 9.17) is 10.2 Å². The molecule has 0 aliphatic carbocycles. The zero-order chi connectivity index (χ0) is 16.8. The van der Waals surface area contributed by atoms with Crippen LogP contribution in [0.15, 0.2) is 53.0 Å². The minimum Gasteiger partial charge on any atom is -0.445 e. The quantitative estimate of drug-likeness (QED) is 0.663. The Morgan fingerprint density at radius 1 is 1.36 bits per heavy atom. The molecule has 22 heavy (non-hydrogen) atoms. The number of nitrogens with two attached hydrogens (primary N) is 1. The molecule has 1 aromatic heterocycles. The first-order valence-electron chi connectivity index (χ1n) is 6.83. The summed E-state index contributed by atoms with van der Waals surface area (Å²) in [7, 11) is 0. The molecule has 1 heterocycles. The summed E-state index contributed by atoms with van der Waals surface area (Å²) in [4.78, 5) is 15.0. The first-order valence-corrected chi connectivity index (χ1v) is 6.83. The minimum absolute atomic E-state index is 0.356. The summed E-state index contributed by atoms with van der Waals surface area (Å²) >= 11 is 0. The minimum atomic E-state index is -1.03. The fourth-order valence-electron chi connectivity index (χ4n) is 1.70. The topological polar surface area (TPSA) is 110 Å². The van der Waals surface area contributed by atoms with Crippen molar-refractivity contribution in [1.82, 2.24) is 4.98 Å². The highest BCUT2D eigenvalue weighted by Crippen LogP contribution is 2.25. The maximum Gasteiger partial charge on any atom is 0.226 e. The summed E-state index contributed by atoms with van der Waals surface area (Å²) < 4.78 is 4.96. The molecule has 4 N–H and O–H groups in total. The second-order valence-corrected chi connectivity index (χ2v) is 5.52. The monoisotopic (exact) mass is 306 g/mol. The van der Waals surface area contributed by atoms with Crippen LogP contribution in [0.1, 0.15) is 32.6 Å². The van der Waals surface area contributed by atoms with E-state index in [2.05, 4.69) is 4.98 Å². The number of hydrogen-bond donors (Lipinski definition) is 3. The lowest BCUT2D eigenvalue weighted by atomic mass is 9.82. The molecule has 1 amide bonds. The van der Waals surface area contributed by atoms with Gasteiger partial charge < -0.3 is 20.4 Å². The molecule has 120 valence electrons. The predicted molar refractivity (Wildman–Crippen MR) is 82.5 cm³/mol. The van der Waals surface area contributed by atoms with E-state index in [-0.39, 0.29) is 0 Å². The molecular weight excluding hydrogens is 284 g/mol. The zero-order valence-electron chi connectivity index (χ0n) is 12.9. The number of aromatic nitrogens is 1. The summed E-state index contributed by atoms with van der Waals surface area (Å²) in [6, 6.07) is 0. The van der Waals surface area contributed by atoms with Crippen molar-refractivity contribution in [2.45, 2.75) is 33.0 Å². The smallest absolute Gasteiger partial charge is 0.226 e. The van der Waals surface area contributed by atoms with E-state index in [1.165, 1.54) is 18.7 Å². The molecule has 0 aromatic carbocycles. The first kappa shape index (κ1) is 17.9. The summed E-state index contributed by atoms with van der Waals surface area (Å²) in [5.41, 5.74) is 4.85. The van der Waals surface area contributed by atoms with Gasteiger partial charge in [-0.15, -0.1) is 0 Å². The van der Waals surface area contributed by atoms with Crippen LogP contribution in [-0.4, -0.2) is 27.2 Å². The Labute approximate surface area is 129 Å². The van der Waals surface area contributed by atoms with E-state index in [9.17, 15) is 15.0 Å². The Kier molecular flexibility index (Phi) is 6.27. The number of amides is 1. The van der Waals surface area contributed by atoms with Crippen LogP contribution in [0.3, 0.4) is 0 Å². The van der Waals surface area contributed by atoms with Crippen molar-refractivity contribution in [1.29, 1.82) is 0 Å². The maximum absolute atomic E-state index is 11.3. The molecule has 0 saturated heterocycles. The number of oxazole rings is 1. The molecule has 1 aromatic rings. The SMILES string of the molecule is C/C(=C/C=C\C=C\C(O)c1cnco1)C(O)C(C)(C)C(N)=O. The van der Waals surface area contributed by atoms with Crippen molar-refractivity contribution in [2.75, 3.05) is 0 Å². The van der Waals surface area contributed by atoms with Crippen molar-refractivity contribution < 1.29 is 19.4 Å². The molecule has 6 heteroatoms. The van der Waals surface area contributed by atoms with Crippen LogP contribution < -0.4 is 5.73 Å². The van der Waals surface area contributed by atoms with Crippen LogP contribution in [0.4, 0.5) is 0 Å². The van der Waals surface area contributed by atoms with Gasteiger partial charge in [-0.2, -0.15) is 0 Å². The number of carbonyl (C=O) groups is 1. The third-order valence-electron chi connectivity index (χ3n) is 3.37. The number of nitrogens with zero attached hydrogens (tertiary/aromatic N) is 1. The molecule has 0 aliphatic heterocycles. The van der Waals surface area contributed by atoms with Crippen LogP contribution in [0.2, 0.25) is 0 Å². The average molecular weight is 306 g/mol. The number of primary amides is 1. The fraction of sp³-hybridized carbons (Fsp3) is 0.375. The number of aliphatic hydroxyl groups is 2. The number of carbonyl (C=O) groups excluding carboxylic acids is 1. The van der Waals surface area contributed by atoms with Crippen LogP contribution in [0.25, 0.3) is 0 Å². The molecule has 0 radical (unpaired) electrons. The summed E-state index contributed by atoms with van der Waals surface area (Å²) in [5, 5.41) is 19.8. The van der Waals surface area contributed by atoms with Gasteiger partial charge in [0.05, 0.1) is 17.7 Å². The van der Waals surface area contributed by atoms with Crippen molar-refractivity contribution in [3.63, 3.8) is 0 Å². The third-order valence-corrected chi connectivity index (χ3v) is 3.37. The molecule has 0 bridgehead atoms. The number of aliphatic hydroxyl groups excluding tert-OH is 2. The number of hydrogen-bond acceptors (Lipinski definition) is 5. The zero-order valence-corrected chi connectivity index (χ0v) is 12.9. The fourth-order valence-corrected chi connectivity index (χ4v) is 1.70. The normalized spacial score (nSPS) is 16.3. The van der Waals surface area contributed by atoms with Gasteiger partial charge >= 0.3 is 0 Å². The van der Waals surface area contributed by atoms with E-state index in [1.807, 2.05) is 0 Å². The standard InChI is InChI=1S/C16H22N2O4/c1-11(14(20)16(2,3)15(17)21)7-5-4-6-8-12(19)13-9-18-10-22-13/h4-10,12,14,19-20H,1-3H3,(H2,17,21)/b5-4-,8-6+,11-7-. The number of allylic oxidation sites excluding steroid dienone is 4. The van der Waals surface area contributed by atoms with Crippen molar-refractivity contribution >= 4 is 5.91 Å². The molecule has 0 spiro atoms. The Balaban J connectivity index is 2.61. The molecule has 0 aliphatic rings. The summed E-state index contributed by atoms with van der Waals surface area (Å²) in [6.45, 7) is 4.90. The van der Waals surface area contributed by atoms with Crippen LogP contribution in [0.5, 0.6) is 0 Å².